The zero-order chi connectivity index (χ0) is 23.4. The summed E-state index contributed by atoms with van der Waals surface area (Å²) in [6.07, 6.45) is -1.14. The van der Waals surface area contributed by atoms with Crippen LogP contribution in [0.2, 0.25) is 0 Å². The standard InChI is InChI=1S/C25H20N4O4/c1-29-22(15-21(28-29)16-10-12-20(13-11-16)26-25(32)33)27-24(31)19-9-5-8-18(14-19)23(30)17-6-3-2-4-7-17/h2-15,26H,1H3,(H,27,31)(H,32,33). The summed E-state index contributed by atoms with van der Waals surface area (Å²) in [4.78, 5) is 36.3. The van der Waals surface area contributed by atoms with Gasteiger partial charge in [0.1, 0.15) is 5.82 Å². The first kappa shape index (κ1) is 21.5. The number of amides is 2. The third kappa shape index (κ3) is 4.96. The van der Waals surface area contributed by atoms with Crippen LogP contribution in [0, 0.1) is 0 Å². The number of carbonyl (C=O) groups is 3. The molecule has 33 heavy (non-hydrogen) atoms. The number of ketones is 1. The Bertz CT molecular complexity index is 1330. The van der Waals surface area contributed by atoms with Gasteiger partial charge in [-0.05, 0) is 24.3 Å². The van der Waals surface area contributed by atoms with Gasteiger partial charge in [-0.1, -0.05) is 54.6 Å². The number of nitrogens with one attached hydrogen (secondary N) is 2. The number of aromatic nitrogens is 2. The Balaban J connectivity index is 1.51. The zero-order valence-corrected chi connectivity index (χ0v) is 17.6. The van der Waals surface area contributed by atoms with Crippen molar-refractivity contribution in [3.8, 4) is 11.3 Å². The van der Waals surface area contributed by atoms with Crippen molar-refractivity contribution in [3.63, 3.8) is 0 Å². The van der Waals surface area contributed by atoms with E-state index in [2.05, 4.69) is 15.7 Å². The first-order chi connectivity index (χ1) is 15.9. The van der Waals surface area contributed by atoms with Gasteiger partial charge in [-0.2, -0.15) is 5.10 Å². The summed E-state index contributed by atoms with van der Waals surface area (Å²) in [6.45, 7) is 0. The van der Waals surface area contributed by atoms with E-state index < -0.39 is 6.09 Å². The molecular weight excluding hydrogens is 420 g/mol. The number of nitrogens with zero attached hydrogens (tertiary/aromatic N) is 2. The van der Waals surface area contributed by atoms with E-state index in [1.807, 2.05) is 6.07 Å². The average molecular weight is 440 g/mol. The molecule has 3 aromatic carbocycles. The van der Waals surface area contributed by atoms with E-state index in [0.29, 0.717) is 33.9 Å². The lowest BCUT2D eigenvalue weighted by atomic mass is 10.0. The molecule has 0 spiro atoms. The van der Waals surface area contributed by atoms with Gasteiger partial charge in [0.05, 0.1) is 5.69 Å². The van der Waals surface area contributed by atoms with Crippen LogP contribution in [0.3, 0.4) is 0 Å². The highest BCUT2D eigenvalue weighted by Crippen LogP contribution is 2.23. The van der Waals surface area contributed by atoms with Crippen molar-refractivity contribution in [3.05, 3.63) is 102 Å². The number of hydrogen-bond donors (Lipinski definition) is 3. The van der Waals surface area contributed by atoms with Gasteiger partial charge >= 0.3 is 6.09 Å². The number of aryl methyl sites for hydroxylation is 1. The predicted molar refractivity (Wildman–Crippen MR) is 125 cm³/mol. The minimum absolute atomic E-state index is 0.158. The molecule has 8 nitrogen and oxygen atoms in total. The van der Waals surface area contributed by atoms with Crippen molar-refractivity contribution in [2.45, 2.75) is 0 Å². The summed E-state index contributed by atoms with van der Waals surface area (Å²) in [5.74, 6) is -0.0512. The Morgan fingerprint density at radius 2 is 1.45 bits per heavy atom. The Hall–Kier alpha value is -4.72. The number of hydrogen-bond acceptors (Lipinski definition) is 4. The highest BCUT2D eigenvalue weighted by atomic mass is 16.4. The van der Waals surface area contributed by atoms with Crippen molar-refractivity contribution >= 4 is 29.3 Å². The van der Waals surface area contributed by atoms with Gasteiger partial charge < -0.3 is 10.4 Å². The molecule has 0 saturated heterocycles. The van der Waals surface area contributed by atoms with Crippen LogP contribution in [0.25, 0.3) is 11.3 Å². The van der Waals surface area contributed by atoms with Gasteiger partial charge in [-0.25, -0.2) is 4.79 Å². The minimum atomic E-state index is -1.14. The van der Waals surface area contributed by atoms with Gasteiger partial charge in [-0.15, -0.1) is 0 Å². The fourth-order valence-electron chi connectivity index (χ4n) is 3.32. The van der Waals surface area contributed by atoms with E-state index >= 15 is 0 Å². The zero-order valence-electron chi connectivity index (χ0n) is 17.6. The van der Waals surface area contributed by atoms with Gasteiger partial charge in [-0.3, -0.25) is 19.6 Å². The molecule has 0 unspecified atom stereocenters. The van der Waals surface area contributed by atoms with Crippen molar-refractivity contribution in [1.82, 2.24) is 9.78 Å². The molecule has 3 N–H and O–H groups in total. The van der Waals surface area contributed by atoms with E-state index in [1.54, 1.807) is 85.9 Å². The maximum absolute atomic E-state index is 12.8. The highest BCUT2D eigenvalue weighted by Gasteiger charge is 2.15. The smallest absolute Gasteiger partial charge is 0.409 e. The molecule has 164 valence electrons. The summed E-state index contributed by atoms with van der Waals surface area (Å²) >= 11 is 0. The van der Waals surface area contributed by atoms with Crippen molar-refractivity contribution < 1.29 is 19.5 Å². The van der Waals surface area contributed by atoms with E-state index in [4.69, 9.17) is 5.11 Å². The summed E-state index contributed by atoms with van der Waals surface area (Å²) in [6, 6.07) is 23.9. The fourth-order valence-corrected chi connectivity index (χ4v) is 3.32. The lowest BCUT2D eigenvalue weighted by Gasteiger charge is -2.07. The third-order valence-electron chi connectivity index (χ3n) is 4.98. The molecule has 0 bridgehead atoms. The van der Waals surface area contributed by atoms with Gasteiger partial charge in [0.15, 0.2) is 5.78 Å². The number of carboxylic acid groups (broad SMARTS) is 1. The second kappa shape index (κ2) is 9.19. The van der Waals surface area contributed by atoms with E-state index in [1.165, 1.54) is 4.68 Å². The van der Waals surface area contributed by atoms with Crippen LogP contribution in [-0.2, 0) is 7.05 Å². The number of benzene rings is 3. The van der Waals surface area contributed by atoms with Gasteiger partial charge in [0, 0.05) is 41.1 Å². The first-order valence-corrected chi connectivity index (χ1v) is 10.1. The maximum atomic E-state index is 12.8. The molecule has 1 aromatic heterocycles. The topological polar surface area (TPSA) is 113 Å². The Kier molecular flexibility index (Phi) is 5.99. The normalized spacial score (nSPS) is 10.5. The maximum Gasteiger partial charge on any atom is 0.409 e. The van der Waals surface area contributed by atoms with Crippen molar-refractivity contribution in [1.29, 1.82) is 0 Å². The van der Waals surface area contributed by atoms with Gasteiger partial charge in [0.25, 0.3) is 5.91 Å². The molecule has 2 amide bonds. The molecule has 0 aliphatic rings. The lowest BCUT2D eigenvalue weighted by molar-refractivity contribution is 0.102. The summed E-state index contributed by atoms with van der Waals surface area (Å²) in [5, 5.41) is 18.3. The van der Waals surface area contributed by atoms with Crippen LogP contribution in [0.15, 0.2) is 84.9 Å². The van der Waals surface area contributed by atoms with Crippen LogP contribution in [-0.4, -0.2) is 32.7 Å². The first-order valence-electron chi connectivity index (χ1n) is 10.1. The molecule has 0 atom stereocenters. The number of carbonyl (C=O) groups excluding carboxylic acids is 2. The molecule has 0 radical (unpaired) electrons. The number of rotatable bonds is 6. The SMILES string of the molecule is Cn1nc(-c2ccc(NC(=O)O)cc2)cc1NC(=O)c1cccc(C(=O)c2ccccc2)c1. The minimum Gasteiger partial charge on any atom is -0.465 e. The molecule has 1 heterocycles. The van der Waals surface area contributed by atoms with E-state index in [0.717, 1.165) is 5.56 Å². The van der Waals surface area contributed by atoms with Crippen molar-refractivity contribution in [2.24, 2.45) is 7.05 Å². The highest BCUT2D eigenvalue weighted by molar-refractivity contribution is 6.11. The molecule has 0 saturated carbocycles. The molecule has 8 heteroatoms. The fraction of sp³-hybridized carbons (Fsp3) is 0.0400. The van der Waals surface area contributed by atoms with Crippen LogP contribution in [0.1, 0.15) is 26.3 Å². The molecule has 0 aliphatic carbocycles. The van der Waals surface area contributed by atoms with E-state index in [-0.39, 0.29) is 11.7 Å². The monoisotopic (exact) mass is 440 g/mol. The largest absolute Gasteiger partial charge is 0.465 e. The van der Waals surface area contributed by atoms with Crippen LogP contribution < -0.4 is 10.6 Å². The molecule has 0 fully saturated rings. The Morgan fingerprint density at radius 3 is 2.15 bits per heavy atom. The lowest BCUT2D eigenvalue weighted by Crippen LogP contribution is -2.15. The second-order valence-electron chi connectivity index (χ2n) is 7.28. The molecular formula is C25H20N4O4. The number of anilines is 2. The second-order valence-corrected chi connectivity index (χ2v) is 7.28. The van der Waals surface area contributed by atoms with Crippen LogP contribution >= 0.6 is 0 Å². The van der Waals surface area contributed by atoms with Crippen LogP contribution in [0.5, 0.6) is 0 Å². The Morgan fingerprint density at radius 1 is 0.788 bits per heavy atom. The molecule has 4 rings (SSSR count). The molecule has 0 aliphatic heterocycles. The average Bonchev–Trinajstić information content (AvgIpc) is 3.19. The van der Waals surface area contributed by atoms with Crippen molar-refractivity contribution in [2.75, 3.05) is 10.6 Å². The summed E-state index contributed by atoms with van der Waals surface area (Å²) in [7, 11) is 1.70. The van der Waals surface area contributed by atoms with Crippen LogP contribution in [0.4, 0.5) is 16.3 Å². The van der Waals surface area contributed by atoms with E-state index in [9.17, 15) is 14.4 Å². The third-order valence-corrected chi connectivity index (χ3v) is 4.98. The Labute approximate surface area is 189 Å². The summed E-state index contributed by atoms with van der Waals surface area (Å²) in [5.41, 5.74) is 3.15. The predicted octanol–water partition coefficient (Wildman–Crippen LogP) is 4.66. The van der Waals surface area contributed by atoms with Gasteiger partial charge in [0.2, 0.25) is 0 Å². The molecule has 4 aromatic rings. The summed E-state index contributed by atoms with van der Waals surface area (Å²) < 4.78 is 1.54. The quantitative estimate of drug-likeness (QED) is 0.378.